The highest BCUT2D eigenvalue weighted by molar-refractivity contribution is 5.17. The van der Waals surface area contributed by atoms with Crippen molar-refractivity contribution < 1.29 is 4.39 Å². The molecule has 2 unspecified atom stereocenters. The van der Waals surface area contributed by atoms with Gasteiger partial charge in [-0.1, -0.05) is 26.8 Å². The molecule has 0 N–H and O–H groups in total. The van der Waals surface area contributed by atoms with Gasteiger partial charge in [-0.15, -0.1) is 0 Å². The second-order valence-corrected chi connectivity index (χ2v) is 3.61. The van der Waals surface area contributed by atoms with E-state index in [0.717, 1.165) is 12.0 Å². The minimum atomic E-state index is -0.243. The van der Waals surface area contributed by atoms with E-state index in [9.17, 15) is 4.39 Å². The van der Waals surface area contributed by atoms with Crippen molar-refractivity contribution in [2.24, 2.45) is 17.8 Å². The third-order valence-corrected chi connectivity index (χ3v) is 3.01. The number of hydrogen-bond donors (Lipinski definition) is 0. The lowest BCUT2D eigenvalue weighted by molar-refractivity contribution is 0.351. The van der Waals surface area contributed by atoms with E-state index >= 15 is 0 Å². The first-order valence-corrected chi connectivity index (χ1v) is 4.47. The molecule has 0 aromatic carbocycles. The molecule has 0 heterocycles. The molecule has 0 aromatic rings. The van der Waals surface area contributed by atoms with E-state index in [4.69, 9.17) is 0 Å². The van der Waals surface area contributed by atoms with Crippen molar-refractivity contribution in [3.63, 3.8) is 0 Å². The van der Waals surface area contributed by atoms with Gasteiger partial charge in [-0.3, -0.25) is 0 Å². The van der Waals surface area contributed by atoms with Crippen LogP contribution in [0, 0.1) is 17.8 Å². The molecule has 0 radical (unpaired) electrons. The minimum absolute atomic E-state index is 0.243. The molecule has 1 heteroatoms. The molecule has 0 saturated heterocycles. The second kappa shape index (κ2) is 3.38. The van der Waals surface area contributed by atoms with Gasteiger partial charge in [0.15, 0.2) is 0 Å². The molecular weight excluding hydrogens is 139 g/mol. The summed E-state index contributed by atoms with van der Waals surface area (Å²) in [7, 11) is 0. The molecule has 0 nitrogen and oxygen atoms in total. The Bertz CT molecular complexity index is 160. The Morgan fingerprint density at radius 1 is 1.45 bits per heavy atom. The third-order valence-electron chi connectivity index (χ3n) is 3.01. The quantitative estimate of drug-likeness (QED) is 0.538. The van der Waals surface area contributed by atoms with Gasteiger partial charge in [0.2, 0.25) is 0 Å². The van der Waals surface area contributed by atoms with Crippen molar-refractivity contribution >= 4 is 0 Å². The maximum atomic E-state index is 12.4. The zero-order chi connectivity index (χ0) is 8.43. The van der Waals surface area contributed by atoms with Crippen molar-refractivity contribution in [1.29, 1.82) is 0 Å². The van der Waals surface area contributed by atoms with E-state index in [1.807, 2.05) is 0 Å². The molecular formula is C10H17F. The van der Waals surface area contributed by atoms with E-state index < -0.39 is 0 Å². The number of halogens is 1. The lowest BCUT2D eigenvalue weighted by Crippen LogP contribution is -2.11. The van der Waals surface area contributed by atoms with Gasteiger partial charge >= 0.3 is 0 Å². The predicted molar refractivity (Wildman–Crippen MR) is 46.2 cm³/mol. The predicted octanol–water partition coefficient (Wildman–Crippen LogP) is 3.19. The number of hydrogen-bond acceptors (Lipinski definition) is 0. The van der Waals surface area contributed by atoms with Crippen LogP contribution in [-0.2, 0) is 0 Å². The zero-order valence-electron chi connectivity index (χ0n) is 7.60. The molecule has 0 saturated carbocycles. The van der Waals surface area contributed by atoms with Crippen LogP contribution < -0.4 is 0 Å². The van der Waals surface area contributed by atoms with E-state index in [0.29, 0.717) is 17.8 Å². The van der Waals surface area contributed by atoms with Gasteiger partial charge in [-0.05, 0) is 29.7 Å². The summed E-state index contributed by atoms with van der Waals surface area (Å²) in [6.45, 7) is 6.30. The third kappa shape index (κ3) is 1.47. The van der Waals surface area contributed by atoms with Crippen LogP contribution in [0.15, 0.2) is 11.6 Å². The van der Waals surface area contributed by atoms with Gasteiger partial charge in [-0.2, -0.15) is 0 Å². The van der Waals surface area contributed by atoms with Gasteiger partial charge in [-0.25, -0.2) is 4.39 Å². The van der Waals surface area contributed by atoms with Crippen LogP contribution >= 0.6 is 0 Å². The lowest BCUT2D eigenvalue weighted by Gasteiger charge is -2.18. The van der Waals surface area contributed by atoms with Crippen molar-refractivity contribution in [2.45, 2.75) is 27.2 Å². The average molecular weight is 156 g/mol. The summed E-state index contributed by atoms with van der Waals surface area (Å²) in [6, 6.07) is 0. The summed E-state index contributed by atoms with van der Waals surface area (Å²) >= 11 is 0. The summed E-state index contributed by atoms with van der Waals surface area (Å²) in [5, 5.41) is 0. The molecule has 3 atom stereocenters. The minimum Gasteiger partial charge on any atom is -0.246 e. The summed E-state index contributed by atoms with van der Waals surface area (Å²) in [5.41, 5.74) is 1.03. The van der Waals surface area contributed by atoms with Crippen molar-refractivity contribution in [3.05, 3.63) is 11.6 Å². The molecule has 0 amide bonds. The van der Waals surface area contributed by atoms with Gasteiger partial charge in [0.1, 0.15) is 6.67 Å². The second-order valence-electron chi connectivity index (χ2n) is 3.61. The first-order chi connectivity index (χ1) is 5.20. The Kier molecular flexibility index (Phi) is 2.69. The monoisotopic (exact) mass is 156 g/mol. The number of rotatable bonds is 2. The van der Waals surface area contributed by atoms with Crippen LogP contribution in [0.4, 0.5) is 4.39 Å². The highest BCUT2D eigenvalue weighted by Crippen LogP contribution is 2.37. The summed E-state index contributed by atoms with van der Waals surface area (Å²) in [5.74, 6) is 1.73. The molecule has 0 spiro atoms. The molecule has 0 bridgehead atoms. The average Bonchev–Trinajstić information content (AvgIpc) is 2.28. The molecule has 0 aromatic heterocycles. The summed E-state index contributed by atoms with van der Waals surface area (Å²) in [6.07, 6.45) is 3.19. The summed E-state index contributed by atoms with van der Waals surface area (Å²) in [4.78, 5) is 0. The molecule has 1 rings (SSSR count). The van der Waals surface area contributed by atoms with E-state index in [1.54, 1.807) is 0 Å². The molecule has 1 aliphatic carbocycles. The Hall–Kier alpha value is -0.330. The highest BCUT2D eigenvalue weighted by Gasteiger charge is 2.29. The molecule has 1 aliphatic rings. The first kappa shape index (κ1) is 8.76. The standard InChI is InChI=1S/C10H17F/c1-4-10-8(3)7(2)5-9(10)6-11/h5,7-8,10H,4,6H2,1-3H3/t7?,8?,10-/m1/s1. The van der Waals surface area contributed by atoms with Crippen LogP contribution in [-0.4, -0.2) is 6.67 Å². The van der Waals surface area contributed by atoms with E-state index in [-0.39, 0.29) is 6.67 Å². The van der Waals surface area contributed by atoms with Crippen LogP contribution in [0.25, 0.3) is 0 Å². The highest BCUT2D eigenvalue weighted by atomic mass is 19.1. The fraction of sp³-hybridized carbons (Fsp3) is 0.800. The Morgan fingerprint density at radius 2 is 2.09 bits per heavy atom. The zero-order valence-corrected chi connectivity index (χ0v) is 7.60. The first-order valence-electron chi connectivity index (χ1n) is 4.47. The normalized spacial score (nSPS) is 37.5. The molecule has 11 heavy (non-hydrogen) atoms. The Labute approximate surface area is 68.5 Å². The Balaban J connectivity index is 2.70. The van der Waals surface area contributed by atoms with Crippen LogP contribution in [0.2, 0.25) is 0 Å². The van der Waals surface area contributed by atoms with E-state index in [2.05, 4.69) is 26.8 Å². The lowest BCUT2D eigenvalue weighted by atomic mass is 9.87. The topological polar surface area (TPSA) is 0 Å². The number of alkyl halides is 1. The fourth-order valence-electron chi connectivity index (χ4n) is 2.09. The van der Waals surface area contributed by atoms with Crippen molar-refractivity contribution in [3.8, 4) is 0 Å². The summed E-state index contributed by atoms with van der Waals surface area (Å²) < 4.78 is 12.4. The van der Waals surface area contributed by atoms with Gasteiger partial charge in [0, 0.05) is 0 Å². The maximum absolute atomic E-state index is 12.4. The maximum Gasteiger partial charge on any atom is 0.111 e. The van der Waals surface area contributed by atoms with Gasteiger partial charge in [0.25, 0.3) is 0 Å². The van der Waals surface area contributed by atoms with Crippen LogP contribution in [0.1, 0.15) is 27.2 Å². The van der Waals surface area contributed by atoms with Gasteiger partial charge < -0.3 is 0 Å². The fourth-order valence-corrected chi connectivity index (χ4v) is 2.09. The van der Waals surface area contributed by atoms with Crippen LogP contribution in [0.3, 0.4) is 0 Å². The molecule has 0 aliphatic heterocycles. The van der Waals surface area contributed by atoms with Crippen LogP contribution in [0.5, 0.6) is 0 Å². The SMILES string of the molecule is CC[C@H]1C(CF)=CC(C)C1C. The van der Waals surface area contributed by atoms with Crippen molar-refractivity contribution in [2.75, 3.05) is 6.67 Å². The number of allylic oxidation sites excluding steroid dienone is 2. The van der Waals surface area contributed by atoms with E-state index in [1.165, 1.54) is 0 Å². The Morgan fingerprint density at radius 3 is 2.45 bits per heavy atom. The molecule has 64 valence electrons. The largest absolute Gasteiger partial charge is 0.246 e. The molecule has 0 fully saturated rings. The van der Waals surface area contributed by atoms with Crippen molar-refractivity contribution in [1.82, 2.24) is 0 Å². The smallest absolute Gasteiger partial charge is 0.111 e. The van der Waals surface area contributed by atoms with Gasteiger partial charge in [0.05, 0.1) is 0 Å².